The second kappa shape index (κ2) is 7.95. The molecule has 0 radical (unpaired) electrons. The Hall–Kier alpha value is -2.61. The third-order valence-electron chi connectivity index (χ3n) is 9.99. The molecule has 1 aromatic rings. The molecular formula is C27H36N2O6. The van der Waals surface area contributed by atoms with E-state index in [4.69, 9.17) is 4.74 Å². The molecule has 1 aromatic carbocycles. The first-order valence-corrected chi connectivity index (χ1v) is 12.7. The van der Waals surface area contributed by atoms with Gasteiger partial charge in [-0.15, -0.1) is 0 Å². The number of nitrogens with one attached hydrogen (secondary N) is 1. The molecule has 3 N–H and O–H groups in total. The van der Waals surface area contributed by atoms with Gasteiger partial charge in [-0.3, -0.25) is 9.59 Å². The van der Waals surface area contributed by atoms with Crippen molar-refractivity contribution in [3.8, 4) is 11.5 Å². The summed E-state index contributed by atoms with van der Waals surface area (Å²) in [4.78, 5) is 40.6. The van der Waals surface area contributed by atoms with Crippen LogP contribution in [0.25, 0.3) is 0 Å². The number of ether oxygens (including phenoxy) is 1. The lowest BCUT2D eigenvalue weighted by Gasteiger charge is -2.41. The van der Waals surface area contributed by atoms with E-state index in [1.54, 1.807) is 4.90 Å². The Morgan fingerprint density at radius 1 is 1.14 bits per heavy atom. The predicted octanol–water partition coefficient (Wildman–Crippen LogP) is 3.15. The van der Waals surface area contributed by atoms with Crippen molar-refractivity contribution in [1.82, 2.24) is 10.2 Å². The molecule has 4 atom stereocenters. The predicted molar refractivity (Wildman–Crippen MR) is 128 cm³/mol. The van der Waals surface area contributed by atoms with E-state index in [9.17, 15) is 24.6 Å². The summed E-state index contributed by atoms with van der Waals surface area (Å²) in [5.74, 6) is -0.852. The summed E-state index contributed by atoms with van der Waals surface area (Å²) >= 11 is 0. The number of hydrogen-bond donors (Lipinski definition) is 3. The SMILES string of the molecule is CC1(C)C2CCC1(C)C(OCC1(C=O)CCCN1C(=O)C1(NC(=O)c3ccc(O)c(O)c3)CC1)C2. The van der Waals surface area contributed by atoms with E-state index in [-0.39, 0.29) is 40.8 Å². The maximum absolute atomic E-state index is 13.7. The van der Waals surface area contributed by atoms with Crippen molar-refractivity contribution in [2.45, 2.75) is 82.9 Å². The molecule has 0 aromatic heterocycles. The Morgan fingerprint density at radius 2 is 1.89 bits per heavy atom. The zero-order chi connectivity index (χ0) is 25.2. The Bertz CT molecular complexity index is 1070. The Balaban J connectivity index is 1.29. The van der Waals surface area contributed by atoms with Crippen LogP contribution in [0.2, 0.25) is 0 Å². The summed E-state index contributed by atoms with van der Waals surface area (Å²) in [6.45, 7) is 7.58. The molecule has 1 aliphatic heterocycles. The van der Waals surface area contributed by atoms with Gasteiger partial charge in [0.1, 0.15) is 17.4 Å². The zero-order valence-corrected chi connectivity index (χ0v) is 20.8. The van der Waals surface area contributed by atoms with Crippen LogP contribution < -0.4 is 5.32 Å². The van der Waals surface area contributed by atoms with Crippen molar-refractivity contribution < 1.29 is 29.3 Å². The molecule has 3 saturated carbocycles. The van der Waals surface area contributed by atoms with E-state index in [1.165, 1.54) is 24.6 Å². The van der Waals surface area contributed by atoms with Crippen LogP contribution in [0.1, 0.15) is 76.1 Å². The van der Waals surface area contributed by atoms with Crippen LogP contribution in [0.15, 0.2) is 18.2 Å². The maximum Gasteiger partial charge on any atom is 0.252 e. The molecule has 8 heteroatoms. The smallest absolute Gasteiger partial charge is 0.252 e. The number of benzene rings is 1. The first-order valence-electron chi connectivity index (χ1n) is 12.7. The fourth-order valence-electron chi connectivity index (χ4n) is 6.87. The lowest BCUT2D eigenvalue weighted by Crippen LogP contribution is -2.59. The van der Waals surface area contributed by atoms with Gasteiger partial charge < -0.3 is 30.0 Å². The van der Waals surface area contributed by atoms with E-state index in [0.29, 0.717) is 38.1 Å². The number of carbonyl (C=O) groups excluding carboxylic acids is 3. The van der Waals surface area contributed by atoms with Gasteiger partial charge in [0, 0.05) is 12.1 Å². The number of rotatable bonds is 7. The lowest BCUT2D eigenvalue weighted by atomic mass is 9.70. The molecule has 4 unspecified atom stereocenters. The summed E-state index contributed by atoms with van der Waals surface area (Å²) in [7, 11) is 0. The fraction of sp³-hybridized carbons (Fsp3) is 0.667. The van der Waals surface area contributed by atoms with E-state index in [0.717, 1.165) is 19.1 Å². The fourth-order valence-corrected chi connectivity index (χ4v) is 6.87. The van der Waals surface area contributed by atoms with E-state index in [1.807, 2.05) is 0 Å². The summed E-state index contributed by atoms with van der Waals surface area (Å²) in [5.41, 5.74) is -1.66. The summed E-state index contributed by atoms with van der Waals surface area (Å²) in [6, 6.07) is 3.79. The number of aromatic hydroxyl groups is 2. The molecule has 8 nitrogen and oxygen atoms in total. The van der Waals surface area contributed by atoms with Crippen LogP contribution in [0.3, 0.4) is 0 Å². The van der Waals surface area contributed by atoms with Crippen molar-refractivity contribution >= 4 is 18.1 Å². The van der Waals surface area contributed by atoms with Crippen LogP contribution in [0, 0.1) is 16.7 Å². The number of fused-ring (bicyclic) bond motifs is 2. The Kier molecular flexibility index (Phi) is 5.47. The van der Waals surface area contributed by atoms with Gasteiger partial charge in [0.15, 0.2) is 11.5 Å². The third kappa shape index (κ3) is 3.55. The minimum atomic E-state index is -1.05. The van der Waals surface area contributed by atoms with E-state index >= 15 is 0 Å². The largest absolute Gasteiger partial charge is 0.504 e. The maximum atomic E-state index is 13.7. The number of likely N-dealkylation sites (tertiary alicyclic amines) is 1. The first-order chi connectivity index (χ1) is 16.5. The van der Waals surface area contributed by atoms with Gasteiger partial charge in [-0.25, -0.2) is 0 Å². The number of phenolic OH excluding ortho intramolecular Hbond substituents is 2. The molecule has 0 spiro atoms. The average molecular weight is 485 g/mol. The first kappa shape index (κ1) is 24.1. The van der Waals surface area contributed by atoms with Gasteiger partial charge in [0.25, 0.3) is 5.91 Å². The van der Waals surface area contributed by atoms with Crippen molar-refractivity contribution in [3.63, 3.8) is 0 Å². The van der Waals surface area contributed by atoms with Gasteiger partial charge in [-0.05, 0) is 79.9 Å². The molecule has 3 aliphatic carbocycles. The molecule has 5 rings (SSSR count). The number of phenols is 2. The molecule has 4 fully saturated rings. The lowest BCUT2D eigenvalue weighted by molar-refractivity contribution is -0.149. The number of nitrogens with zero attached hydrogens (tertiary/aromatic N) is 1. The minimum absolute atomic E-state index is 0.0660. The molecular weight excluding hydrogens is 448 g/mol. The number of amides is 2. The van der Waals surface area contributed by atoms with Crippen molar-refractivity contribution in [1.29, 1.82) is 0 Å². The molecule has 2 bridgehead atoms. The minimum Gasteiger partial charge on any atom is -0.504 e. The standard InChI is InChI=1S/C27H36N2O6/c1-24(2)18-7-9-25(24,3)21(14-18)35-16-26(15-30)8-4-12-29(26)23(34)27(10-11-27)28-22(33)17-5-6-19(31)20(32)13-17/h5-6,13,15,18,21,31-32H,4,7-12,14,16H2,1-3H3,(H,28,33). The topological polar surface area (TPSA) is 116 Å². The normalized spacial score (nSPS) is 34.1. The van der Waals surface area contributed by atoms with Gasteiger partial charge in [0.05, 0.1) is 12.7 Å². The Morgan fingerprint density at radius 3 is 2.46 bits per heavy atom. The summed E-state index contributed by atoms with van der Waals surface area (Å²) in [6.07, 6.45) is 6.51. The molecule has 190 valence electrons. The van der Waals surface area contributed by atoms with Gasteiger partial charge in [-0.2, -0.15) is 0 Å². The average Bonchev–Trinajstić information content (AvgIpc) is 3.36. The quantitative estimate of drug-likeness (QED) is 0.404. The molecule has 4 aliphatic rings. The van der Waals surface area contributed by atoms with Gasteiger partial charge >= 0.3 is 0 Å². The zero-order valence-electron chi connectivity index (χ0n) is 20.8. The second-order valence-electron chi connectivity index (χ2n) is 11.9. The van der Waals surface area contributed by atoms with E-state index in [2.05, 4.69) is 26.1 Å². The van der Waals surface area contributed by atoms with Gasteiger partial charge in [0.2, 0.25) is 5.91 Å². The molecule has 1 heterocycles. The number of aldehydes is 1. The van der Waals surface area contributed by atoms with Crippen LogP contribution in [0.5, 0.6) is 11.5 Å². The Labute approximate surface area is 206 Å². The van der Waals surface area contributed by atoms with Crippen molar-refractivity contribution in [2.24, 2.45) is 16.7 Å². The molecule has 1 saturated heterocycles. The monoisotopic (exact) mass is 484 g/mol. The third-order valence-corrected chi connectivity index (χ3v) is 9.99. The van der Waals surface area contributed by atoms with Crippen LogP contribution in [-0.4, -0.2) is 63.5 Å². The van der Waals surface area contributed by atoms with Crippen molar-refractivity contribution in [3.05, 3.63) is 23.8 Å². The highest BCUT2D eigenvalue weighted by Gasteiger charge is 2.63. The highest BCUT2D eigenvalue weighted by Crippen LogP contribution is 2.66. The van der Waals surface area contributed by atoms with Gasteiger partial charge in [-0.1, -0.05) is 20.8 Å². The van der Waals surface area contributed by atoms with Crippen LogP contribution in [0.4, 0.5) is 0 Å². The highest BCUT2D eigenvalue weighted by molar-refractivity contribution is 6.01. The highest BCUT2D eigenvalue weighted by atomic mass is 16.5. The molecule has 35 heavy (non-hydrogen) atoms. The summed E-state index contributed by atoms with van der Waals surface area (Å²) < 4.78 is 6.48. The number of carbonyl (C=O) groups is 3. The van der Waals surface area contributed by atoms with Crippen molar-refractivity contribution in [2.75, 3.05) is 13.2 Å². The second-order valence-corrected chi connectivity index (χ2v) is 11.9. The van der Waals surface area contributed by atoms with Crippen LogP contribution >= 0.6 is 0 Å². The molecule has 2 amide bonds. The van der Waals surface area contributed by atoms with E-state index < -0.39 is 22.7 Å². The summed E-state index contributed by atoms with van der Waals surface area (Å²) in [5, 5.41) is 22.1. The number of hydrogen-bond acceptors (Lipinski definition) is 6. The van der Waals surface area contributed by atoms with Crippen LogP contribution in [-0.2, 0) is 14.3 Å².